The Bertz CT molecular complexity index is 425. The van der Waals surface area contributed by atoms with Crippen LogP contribution < -0.4 is 10.1 Å². The van der Waals surface area contributed by atoms with Crippen molar-refractivity contribution in [1.29, 1.82) is 0 Å². The van der Waals surface area contributed by atoms with Gasteiger partial charge in [-0.1, -0.05) is 32.3 Å². The largest absolute Gasteiger partial charge is 0.486 e. The third-order valence-electron chi connectivity index (χ3n) is 3.86. The smallest absolute Gasteiger partial charge is 0.200 e. The number of likely N-dealkylation sites (N-methyl/N-ethyl adjacent to an activating group) is 1. The van der Waals surface area contributed by atoms with E-state index in [2.05, 4.69) is 12.2 Å². The molecule has 4 heteroatoms. The van der Waals surface area contributed by atoms with Crippen molar-refractivity contribution < 1.29 is 13.5 Å². The van der Waals surface area contributed by atoms with Gasteiger partial charge in [-0.25, -0.2) is 4.39 Å². The molecular formula is C16H23F2NO. The Balaban J connectivity index is 2.11. The van der Waals surface area contributed by atoms with Crippen LogP contribution in [0.15, 0.2) is 18.2 Å². The Hall–Kier alpha value is -1.16. The van der Waals surface area contributed by atoms with Crippen LogP contribution in [0.1, 0.15) is 45.4 Å². The second-order valence-electron chi connectivity index (χ2n) is 5.36. The summed E-state index contributed by atoms with van der Waals surface area (Å²) in [6.45, 7) is 2.91. The average Bonchev–Trinajstić information content (AvgIpc) is 2.42. The molecule has 0 aliphatic heterocycles. The van der Waals surface area contributed by atoms with Gasteiger partial charge in [-0.15, -0.1) is 0 Å². The second-order valence-corrected chi connectivity index (χ2v) is 5.36. The summed E-state index contributed by atoms with van der Waals surface area (Å²) in [6, 6.07) is 4.31. The molecule has 1 aliphatic carbocycles. The predicted octanol–water partition coefficient (Wildman–Crippen LogP) is 4.04. The van der Waals surface area contributed by atoms with Gasteiger partial charge in [0, 0.05) is 6.04 Å². The Morgan fingerprint density at radius 3 is 2.65 bits per heavy atom. The molecule has 1 fully saturated rings. The number of rotatable bonds is 4. The van der Waals surface area contributed by atoms with Crippen LogP contribution in [0.5, 0.6) is 5.75 Å². The molecule has 1 aromatic rings. The van der Waals surface area contributed by atoms with Crippen molar-refractivity contribution in [3.05, 3.63) is 29.8 Å². The molecule has 1 aromatic carbocycles. The van der Waals surface area contributed by atoms with Crippen LogP contribution in [0.2, 0.25) is 0 Å². The number of hydrogen-bond acceptors (Lipinski definition) is 2. The van der Waals surface area contributed by atoms with E-state index < -0.39 is 11.6 Å². The SMILES string of the molecule is CCNC1CCCCCCC1Oc1cccc(F)c1F. The van der Waals surface area contributed by atoms with Crippen molar-refractivity contribution in [3.8, 4) is 5.75 Å². The van der Waals surface area contributed by atoms with E-state index in [-0.39, 0.29) is 17.9 Å². The summed E-state index contributed by atoms with van der Waals surface area (Å²) < 4.78 is 32.8. The molecule has 2 atom stereocenters. The zero-order chi connectivity index (χ0) is 14.4. The van der Waals surface area contributed by atoms with E-state index in [9.17, 15) is 8.78 Å². The third-order valence-corrected chi connectivity index (χ3v) is 3.86. The van der Waals surface area contributed by atoms with E-state index in [0.717, 1.165) is 38.3 Å². The van der Waals surface area contributed by atoms with Crippen molar-refractivity contribution in [2.75, 3.05) is 6.54 Å². The Morgan fingerprint density at radius 2 is 1.90 bits per heavy atom. The molecule has 20 heavy (non-hydrogen) atoms. The molecule has 0 aromatic heterocycles. The average molecular weight is 283 g/mol. The molecule has 2 unspecified atom stereocenters. The van der Waals surface area contributed by atoms with Gasteiger partial charge in [0.1, 0.15) is 6.10 Å². The fraction of sp³-hybridized carbons (Fsp3) is 0.625. The van der Waals surface area contributed by atoms with Crippen molar-refractivity contribution >= 4 is 0 Å². The van der Waals surface area contributed by atoms with Crippen LogP contribution in [0.4, 0.5) is 8.78 Å². The molecule has 1 aliphatic rings. The highest BCUT2D eigenvalue weighted by molar-refractivity contribution is 5.25. The molecule has 0 heterocycles. The number of hydrogen-bond donors (Lipinski definition) is 1. The van der Waals surface area contributed by atoms with Gasteiger partial charge in [-0.3, -0.25) is 0 Å². The summed E-state index contributed by atoms with van der Waals surface area (Å²) in [4.78, 5) is 0. The van der Waals surface area contributed by atoms with E-state index in [1.54, 1.807) is 0 Å². The molecule has 0 radical (unpaired) electrons. The van der Waals surface area contributed by atoms with Crippen LogP contribution in [0, 0.1) is 11.6 Å². The van der Waals surface area contributed by atoms with Crippen LogP contribution >= 0.6 is 0 Å². The summed E-state index contributed by atoms with van der Waals surface area (Å²) in [6.07, 6.45) is 6.47. The molecule has 2 nitrogen and oxygen atoms in total. The van der Waals surface area contributed by atoms with Gasteiger partial charge in [-0.2, -0.15) is 4.39 Å². The Kier molecular flexibility index (Phi) is 5.77. The third kappa shape index (κ3) is 3.92. The maximum absolute atomic E-state index is 13.7. The lowest BCUT2D eigenvalue weighted by Crippen LogP contribution is -2.43. The van der Waals surface area contributed by atoms with Gasteiger partial charge < -0.3 is 10.1 Å². The maximum atomic E-state index is 13.7. The molecular weight excluding hydrogens is 260 g/mol. The normalized spacial score (nSPS) is 23.9. The highest BCUT2D eigenvalue weighted by atomic mass is 19.2. The van der Waals surface area contributed by atoms with Crippen LogP contribution in [-0.2, 0) is 0 Å². The second kappa shape index (κ2) is 7.58. The van der Waals surface area contributed by atoms with Crippen molar-refractivity contribution in [2.24, 2.45) is 0 Å². The van der Waals surface area contributed by atoms with E-state index in [0.29, 0.717) is 0 Å². The first-order valence-electron chi connectivity index (χ1n) is 7.56. The molecule has 1 N–H and O–H groups in total. The van der Waals surface area contributed by atoms with Gasteiger partial charge in [-0.05, 0) is 37.9 Å². The van der Waals surface area contributed by atoms with Gasteiger partial charge >= 0.3 is 0 Å². The first-order chi connectivity index (χ1) is 9.72. The fourth-order valence-corrected chi connectivity index (χ4v) is 2.83. The van der Waals surface area contributed by atoms with E-state index in [1.807, 2.05) is 0 Å². The zero-order valence-corrected chi connectivity index (χ0v) is 12.0. The number of halogens is 2. The standard InChI is InChI=1S/C16H23F2NO/c1-2-19-13-9-5-3-4-6-10-14(13)20-15-11-7-8-12(17)16(15)18/h7-8,11,13-14,19H,2-6,9-10H2,1H3. The summed E-state index contributed by atoms with van der Waals surface area (Å²) >= 11 is 0. The van der Waals surface area contributed by atoms with E-state index in [4.69, 9.17) is 4.74 Å². The minimum absolute atomic E-state index is 0.0264. The summed E-state index contributed by atoms with van der Waals surface area (Å²) in [5.41, 5.74) is 0. The van der Waals surface area contributed by atoms with Crippen molar-refractivity contribution in [2.45, 2.75) is 57.6 Å². The number of nitrogens with one attached hydrogen (secondary N) is 1. The highest BCUT2D eigenvalue weighted by Gasteiger charge is 2.25. The quantitative estimate of drug-likeness (QED) is 0.900. The zero-order valence-electron chi connectivity index (χ0n) is 12.0. The molecule has 0 spiro atoms. The van der Waals surface area contributed by atoms with Crippen molar-refractivity contribution in [3.63, 3.8) is 0 Å². The van der Waals surface area contributed by atoms with E-state index >= 15 is 0 Å². The summed E-state index contributed by atoms with van der Waals surface area (Å²) in [7, 11) is 0. The molecule has 1 saturated carbocycles. The minimum Gasteiger partial charge on any atom is -0.486 e. The Morgan fingerprint density at radius 1 is 1.15 bits per heavy atom. The molecule has 2 rings (SSSR count). The summed E-state index contributed by atoms with van der Waals surface area (Å²) in [5.74, 6) is -1.71. The number of ether oxygens (including phenoxy) is 1. The monoisotopic (exact) mass is 283 g/mol. The lowest BCUT2D eigenvalue weighted by molar-refractivity contribution is 0.122. The Labute approximate surface area is 119 Å². The topological polar surface area (TPSA) is 21.3 Å². The number of benzene rings is 1. The lowest BCUT2D eigenvalue weighted by Gasteiger charge is -2.30. The first kappa shape index (κ1) is 15.2. The van der Waals surface area contributed by atoms with Gasteiger partial charge in [0.2, 0.25) is 5.82 Å². The fourth-order valence-electron chi connectivity index (χ4n) is 2.83. The van der Waals surface area contributed by atoms with E-state index in [1.165, 1.54) is 25.0 Å². The van der Waals surface area contributed by atoms with Gasteiger partial charge in [0.05, 0.1) is 0 Å². The van der Waals surface area contributed by atoms with Gasteiger partial charge in [0.15, 0.2) is 11.6 Å². The molecule has 0 amide bonds. The molecule has 0 saturated heterocycles. The summed E-state index contributed by atoms with van der Waals surface area (Å²) in [5, 5.41) is 3.42. The minimum atomic E-state index is -0.884. The molecule has 112 valence electrons. The predicted molar refractivity (Wildman–Crippen MR) is 75.9 cm³/mol. The molecule has 0 bridgehead atoms. The van der Waals surface area contributed by atoms with Crippen LogP contribution in [0.3, 0.4) is 0 Å². The van der Waals surface area contributed by atoms with Crippen molar-refractivity contribution in [1.82, 2.24) is 5.32 Å². The van der Waals surface area contributed by atoms with Gasteiger partial charge in [0.25, 0.3) is 0 Å². The van der Waals surface area contributed by atoms with Crippen LogP contribution in [-0.4, -0.2) is 18.7 Å². The van der Waals surface area contributed by atoms with Crippen LogP contribution in [0.25, 0.3) is 0 Å². The lowest BCUT2D eigenvalue weighted by atomic mass is 9.94. The first-order valence-corrected chi connectivity index (χ1v) is 7.56. The maximum Gasteiger partial charge on any atom is 0.200 e. The highest BCUT2D eigenvalue weighted by Crippen LogP contribution is 2.26.